The lowest BCUT2D eigenvalue weighted by atomic mass is 10.2. The van der Waals surface area contributed by atoms with Gasteiger partial charge in [-0.1, -0.05) is 12.1 Å². The van der Waals surface area contributed by atoms with Crippen LogP contribution >= 0.6 is 0 Å². The molecule has 0 saturated carbocycles. The van der Waals surface area contributed by atoms with Gasteiger partial charge in [0.25, 0.3) is 0 Å². The first-order valence-corrected chi connectivity index (χ1v) is 5.01. The molecular formula is C11H15NO3. The summed E-state index contributed by atoms with van der Waals surface area (Å²) < 4.78 is 16.4. The molecular weight excluding hydrogens is 194 g/mol. The molecule has 4 nitrogen and oxygen atoms in total. The summed E-state index contributed by atoms with van der Waals surface area (Å²) in [6.45, 7) is 3.17. The molecule has 1 atom stereocenters. The Morgan fingerprint density at radius 3 is 2.87 bits per heavy atom. The maximum absolute atomic E-state index is 5.99. The number of nitrogens with two attached hydrogens (primary N) is 1. The molecule has 82 valence electrons. The highest BCUT2D eigenvalue weighted by Gasteiger charge is 2.33. The van der Waals surface area contributed by atoms with Crippen molar-refractivity contribution in [1.82, 2.24) is 0 Å². The zero-order chi connectivity index (χ0) is 10.7. The second-order valence-corrected chi connectivity index (χ2v) is 3.54. The fourth-order valence-corrected chi connectivity index (χ4v) is 1.45. The molecule has 1 heterocycles. The lowest BCUT2D eigenvalue weighted by Crippen LogP contribution is -2.56. The molecule has 1 aromatic rings. The van der Waals surface area contributed by atoms with Crippen LogP contribution in [0.15, 0.2) is 24.3 Å². The Kier molecular flexibility index (Phi) is 2.79. The molecule has 0 fully saturated rings. The lowest BCUT2D eigenvalue weighted by molar-refractivity contribution is -0.0642. The Labute approximate surface area is 88.9 Å². The summed E-state index contributed by atoms with van der Waals surface area (Å²) in [4.78, 5) is 0. The van der Waals surface area contributed by atoms with Crippen LogP contribution in [0.2, 0.25) is 0 Å². The summed E-state index contributed by atoms with van der Waals surface area (Å²) in [5, 5.41) is 0. The van der Waals surface area contributed by atoms with E-state index < -0.39 is 5.72 Å². The van der Waals surface area contributed by atoms with Gasteiger partial charge in [-0.3, -0.25) is 5.73 Å². The minimum Gasteiger partial charge on any atom is -0.484 e. The van der Waals surface area contributed by atoms with Crippen LogP contribution in [-0.2, 0) is 4.74 Å². The van der Waals surface area contributed by atoms with Crippen molar-refractivity contribution < 1.29 is 14.2 Å². The predicted octanol–water partition coefficient (Wildman–Crippen LogP) is 1.15. The molecule has 0 aromatic heterocycles. The van der Waals surface area contributed by atoms with Crippen LogP contribution < -0.4 is 15.2 Å². The first-order valence-electron chi connectivity index (χ1n) is 5.01. The quantitative estimate of drug-likeness (QED) is 0.811. The fourth-order valence-electron chi connectivity index (χ4n) is 1.45. The molecule has 1 aliphatic heterocycles. The minimum atomic E-state index is -0.871. The fraction of sp³-hybridized carbons (Fsp3) is 0.455. The van der Waals surface area contributed by atoms with Crippen LogP contribution in [0.5, 0.6) is 11.5 Å². The van der Waals surface area contributed by atoms with Gasteiger partial charge in [0.15, 0.2) is 11.5 Å². The average molecular weight is 209 g/mol. The molecule has 0 amide bonds. The first kappa shape index (κ1) is 10.3. The smallest absolute Gasteiger partial charge is 0.216 e. The monoisotopic (exact) mass is 209 g/mol. The molecule has 1 aromatic carbocycles. The van der Waals surface area contributed by atoms with Gasteiger partial charge in [0, 0.05) is 6.61 Å². The molecule has 2 rings (SSSR count). The van der Waals surface area contributed by atoms with Gasteiger partial charge in [-0.15, -0.1) is 0 Å². The summed E-state index contributed by atoms with van der Waals surface area (Å²) in [5.74, 6) is 1.40. The molecule has 0 saturated heterocycles. The highest BCUT2D eigenvalue weighted by atomic mass is 16.6. The van der Waals surface area contributed by atoms with Crippen molar-refractivity contribution >= 4 is 0 Å². The SMILES string of the molecule is CCOCC1(N)COc2ccccc2O1. The van der Waals surface area contributed by atoms with Gasteiger partial charge in [-0.05, 0) is 19.1 Å². The van der Waals surface area contributed by atoms with Gasteiger partial charge in [0.2, 0.25) is 5.72 Å². The third kappa shape index (κ3) is 2.22. The Morgan fingerprint density at radius 2 is 2.13 bits per heavy atom. The zero-order valence-corrected chi connectivity index (χ0v) is 8.73. The predicted molar refractivity (Wildman–Crippen MR) is 56.0 cm³/mol. The van der Waals surface area contributed by atoms with E-state index in [0.29, 0.717) is 25.6 Å². The van der Waals surface area contributed by atoms with Gasteiger partial charge in [-0.25, -0.2) is 0 Å². The van der Waals surface area contributed by atoms with E-state index in [0.717, 1.165) is 5.75 Å². The summed E-state index contributed by atoms with van der Waals surface area (Å²) in [5.41, 5.74) is 5.12. The molecule has 1 aliphatic rings. The molecule has 4 heteroatoms. The van der Waals surface area contributed by atoms with E-state index in [1.165, 1.54) is 0 Å². The number of fused-ring (bicyclic) bond motifs is 1. The normalized spacial score (nSPS) is 23.9. The zero-order valence-electron chi connectivity index (χ0n) is 8.73. The molecule has 0 radical (unpaired) electrons. The Hall–Kier alpha value is -1.26. The second kappa shape index (κ2) is 4.08. The molecule has 0 bridgehead atoms. The van der Waals surface area contributed by atoms with Crippen molar-refractivity contribution in [2.45, 2.75) is 12.6 Å². The number of ether oxygens (including phenoxy) is 3. The minimum absolute atomic E-state index is 0.310. The third-order valence-electron chi connectivity index (χ3n) is 2.18. The largest absolute Gasteiger partial charge is 0.484 e. The van der Waals surface area contributed by atoms with Crippen molar-refractivity contribution in [3.8, 4) is 11.5 Å². The molecule has 0 spiro atoms. The van der Waals surface area contributed by atoms with Gasteiger partial charge in [0.05, 0.1) is 0 Å². The van der Waals surface area contributed by atoms with E-state index >= 15 is 0 Å². The van der Waals surface area contributed by atoms with Crippen molar-refractivity contribution in [1.29, 1.82) is 0 Å². The van der Waals surface area contributed by atoms with E-state index in [1.807, 2.05) is 31.2 Å². The number of rotatable bonds is 3. The van der Waals surface area contributed by atoms with E-state index in [4.69, 9.17) is 19.9 Å². The topological polar surface area (TPSA) is 53.7 Å². The van der Waals surface area contributed by atoms with Crippen LogP contribution in [-0.4, -0.2) is 25.5 Å². The lowest BCUT2D eigenvalue weighted by Gasteiger charge is -2.34. The van der Waals surface area contributed by atoms with Crippen LogP contribution in [0.4, 0.5) is 0 Å². The highest BCUT2D eigenvalue weighted by molar-refractivity contribution is 5.41. The van der Waals surface area contributed by atoms with Crippen molar-refractivity contribution in [2.75, 3.05) is 19.8 Å². The summed E-state index contributed by atoms with van der Waals surface area (Å²) in [7, 11) is 0. The number of benzene rings is 1. The number of hydrogen-bond acceptors (Lipinski definition) is 4. The molecule has 0 aliphatic carbocycles. The third-order valence-corrected chi connectivity index (χ3v) is 2.18. The van der Waals surface area contributed by atoms with Crippen molar-refractivity contribution in [3.63, 3.8) is 0 Å². The Balaban J connectivity index is 2.10. The van der Waals surface area contributed by atoms with Crippen LogP contribution in [0.25, 0.3) is 0 Å². The second-order valence-electron chi connectivity index (χ2n) is 3.54. The van der Waals surface area contributed by atoms with Gasteiger partial charge < -0.3 is 14.2 Å². The van der Waals surface area contributed by atoms with Crippen LogP contribution in [0, 0.1) is 0 Å². The first-order chi connectivity index (χ1) is 7.23. The van der Waals surface area contributed by atoms with Gasteiger partial charge in [0.1, 0.15) is 13.2 Å². The molecule has 2 N–H and O–H groups in total. The number of para-hydroxylation sites is 2. The van der Waals surface area contributed by atoms with E-state index in [1.54, 1.807) is 0 Å². The van der Waals surface area contributed by atoms with E-state index in [9.17, 15) is 0 Å². The van der Waals surface area contributed by atoms with E-state index in [2.05, 4.69) is 0 Å². The van der Waals surface area contributed by atoms with Crippen molar-refractivity contribution in [2.24, 2.45) is 5.73 Å². The summed E-state index contributed by atoms with van der Waals surface area (Å²) in [6, 6.07) is 7.47. The molecule has 15 heavy (non-hydrogen) atoms. The maximum atomic E-state index is 5.99. The van der Waals surface area contributed by atoms with Crippen molar-refractivity contribution in [3.05, 3.63) is 24.3 Å². The highest BCUT2D eigenvalue weighted by Crippen LogP contribution is 2.33. The average Bonchev–Trinajstić information content (AvgIpc) is 2.26. The van der Waals surface area contributed by atoms with E-state index in [-0.39, 0.29) is 0 Å². The van der Waals surface area contributed by atoms with Crippen LogP contribution in [0.1, 0.15) is 6.92 Å². The maximum Gasteiger partial charge on any atom is 0.216 e. The standard InChI is InChI=1S/C11H15NO3/c1-2-13-7-11(12)8-14-9-5-3-4-6-10(9)15-11/h3-6H,2,7-8,12H2,1H3. The summed E-state index contributed by atoms with van der Waals surface area (Å²) >= 11 is 0. The number of hydrogen-bond donors (Lipinski definition) is 1. The van der Waals surface area contributed by atoms with Crippen LogP contribution in [0.3, 0.4) is 0 Å². The van der Waals surface area contributed by atoms with Gasteiger partial charge >= 0.3 is 0 Å². The molecule has 1 unspecified atom stereocenters. The Bertz CT molecular complexity index is 342. The van der Waals surface area contributed by atoms with Gasteiger partial charge in [-0.2, -0.15) is 0 Å². The summed E-state index contributed by atoms with van der Waals surface area (Å²) in [6.07, 6.45) is 0. The Morgan fingerprint density at radius 1 is 1.40 bits per heavy atom.